The van der Waals surface area contributed by atoms with Gasteiger partial charge < -0.3 is 20.1 Å². The van der Waals surface area contributed by atoms with Crippen molar-refractivity contribution in [2.75, 3.05) is 25.3 Å². The lowest BCUT2D eigenvalue weighted by molar-refractivity contribution is -0.121. The Bertz CT molecular complexity index is 1500. The standard InChI is InChI=1S/C29H24ClN3O5S/c1-37-24-11-8-18(12-25(24)38-2)20-14-26(34)33-29(22(20)15-31)39-16-27(35)32-23-10-9-19(30)13-21(23)28(36)17-6-4-3-5-7-17/h3-13,20H,14,16H2,1-2H3,(H,32,35)(H,33,34)/t20-/m1/s1. The second-order valence-electron chi connectivity index (χ2n) is 8.50. The number of benzene rings is 3. The third-order valence-electron chi connectivity index (χ3n) is 6.05. The molecule has 0 unspecified atom stereocenters. The van der Waals surface area contributed by atoms with Crippen LogP contribution in [-0.2, 0) is 9.59 Å². The fourth-order valence-corrected chi connectivity index (χ4v) is 5.22. The van der Waals surface area contributed by atoms with Crippen LogP contribution in [0.2, 0.25) is 5.02 Å². The van der Waals surface area contributed by atoms with E-state index in [-0.39, 0.29) is 29.4 Å². The molecule has 1 atom stereocenters. The molecule has 2 N–H and O–H groups in total. The van der Waals surface area contributed by atoms with Gasteiger partial charge in [0.15, 0.2) is 17.3 Å². The van der Waals surface area contributed by atoms with Crippen molar-refractivity contribution < 1.29 is 23.9 Å². The van der Waals surface area contributed by atoms with Crippen LogP contribution in [0, 0.1) is 11.3 Å². The van der Waals surface area contributed by atoms with Crippen molar-refractivity contribution >= 4 is 46.6 Å². The van der Waals surface area contributed by atoms with Crippen LogP contribution in [-0.4, -0.2) is 37.6 Å². The van der Waals surface area contributed by atoms with Crippen LogP contribution in [0.1, 0.15) is 33.8 Å². The molecule has 0 spiro atoms. The molecule has 10 heteroatoms. The number of rotatable bonds is 9. The number of halogens is 1. The van der Waals surface area contributed by atoms with Gasteiger partial charge in [0.1, 0.15) is 0 Å². The molecule has 0 saturated heterocycles. The molecule has 1 heterocycles. The van der Waals surface area contributed by atoms with E-state index in [1.54, 1.807) is 60.7 Å². The van der Waals surface area contributed by atoms with E-state index in [0.717, 1.165) is 11.8 Å². The minimum Gasteiger partial charge on any atom is -0.493 e. The zero-order chi connectivity index (χ0) is 27.9. The van der Waals surface area contributed by atoms with Crippen LogP contribution in [0.5, 0.6) is 11.5 Å². The number of ketones is 1. The Hall–Kier alpha value is -4.26. The predicted molar refractivity (Wildman–Crippen MR) is 150 cm³/mol. The summed E-state index contributed by atoms with van der Waals surface area (Å²) in [5.41, 5.74) is 2.07. The number of ether oxygens (including phenoxy) is 2. The van der Waals surface area contributed by atoms with Crippen molar-refractivity contribution in [2.45, 2.75) is 12.3 Å². The first kappa shape index (κ1) is 27.8. The van der Waals surface area contributed by atoms with Crippen molar-refractivity contribution in [3.63, 3.8) is 0 Å². The van der Waals surface area contributed by atoms with E-state index in [9.17, 15) is 19.6 Å². The summed E-state index contributed by atoms with van der Waals surface area (Å²) in [6.07, 6.45) is 0.0738. The van der Waals surface area contributed by atoms with Gasteiger partial charge in [-0.2, -0.15) is 5.26 Å². The molecule has 3 aromatic carbocycles. The Kier molecular flexibility index (Phi) is 8.92. The molecule has 0 fully saturated rings. The number of methoxy groups -OCH3 is 2. The number of nitriles is 1. The zero-order valence-electron chi connectivity index (χ0n) is 21.1. The average molecular weight is 562 g/mol. The first-order valence-corrected chi connectivity index (χ1v) is 13.2. The van der Waals surface area contributed by atoms with Crippen molar-refractivity contribution in [3.8, 4) is 17.6 Å². The Morgan fingerprint density at radius 1 is 1.08 bits per heavy atom. The number of amides is 2. The van der Waals surface area contributed by atoms with Crippen LogP contribution in [0.3, 0.4) is 0 Å². The highest BCUT2D eigenvalue weighted by atomic mass is 35.5. The number of carbonyl (C=O) groups is 3. The minimum absolute atomic E-state index is 0.0738. The number of allylic oxidation sites excluding steroid dienone is 1. The van der Waals surface area contributed by atoms with Gasteiger partial charge in [0.05, 0.1) is 42.3 Å². The molecule has 4 rings (SSSR count). The molecule has 2 amide bonds. The maximum atomic E-state index is 13.1. The number of nitrogens with one attached hydrogen (secondary N) is 2. The summed E-state index contributed by atoms with van der Waals surface area (Å²) in [6, 6.07) is 20.7. The average Bonchev–Trinajstić information content (AvgIpc) is 2.96. The third kappa shape index (κ3) is 6.42. The Morgan fingerprint density at radius 2 is 1.82 bits per heavy atom. The van der Waals surface area contributed by atoms with Crippen LogP contribution < -0.4 is 20.1 Å². The molecule has 198 valence electrons. The Labute approximate surface area is 234 Å². The van der Waals surface area contributed by atoms with E-state index in [1.165, 1.54) is 20.3 Å². The number of hydrogen-bond donors (Lipinski definition) is 2. The SMILES string of the molecule is COc1ccc([C@H]2CC(=O)NC(SCC(=O)Nc3ccc(Cl)cc3C(=O)c3ccccc3)=C2C#N)cc1OC. The molecular formula is C29H24ClN3O5S. The largest absolute Gasteiger partial charge is 0.493 e. The van der Waals surface area contributed by atoms with E-state index in [0.29, 0.717) is 43.9 Å². The van der Waals surface area contributed by atoms with Gasteiger partial charge in [-0.1, -0.05) is 59.8 Å². The van der Waals surface area contributed by atoms with Crippen molar-refractivity contribution in [2.24, 2.45) is 0 Å². The highest BCUT2D eigenvalue weighted by Crippen LogP contribution is 2.39. The second-order valence-corrected chi connectivity index (χ2v) is 9.92. The summed E-state index contributed by atoms with van der Waals surface area (Å²) in [4.78, 5) is 38.5. The molecule has 0 bridgehead atoms. The number of thioether (sulfide) groups is 1. The van der Waals surface area contributed by atoms with Gasteiger partial charge in [0, 0.05) is 28.5 Å². The first-order valence-electron chi connectivity index (χ1n) is 11.8. The number of anilines is 1. The van der Waals surface area contributed by atoms with Gasteiger partial charge in [0.2, 0.25) is 11.8 Å². The molecular weight excluding hydrogens is 538 g/mol. The predicted octanol–water partition coefficient (Wildman–Crippen LogP) is 5.30. The van der Waals surface area contributed by atoms with Gasteiger partial charge in [-0.15, -0.1) is 0 Å². The Morgan fingerprint density at radius 3 is 2.51 bits per heavy atom. The molecule has 0 aliphatic carbocycles. The van der Waals surface area contributed by atoms with E-state index >= 15 is 0 Å². The van der Waals surface area contributed by atoms with Crippen LogP contribution in [0.15, 0.2) is 77.3 Å². The van der Waals surface area contributed by atoms with Gasteiger partial charge in [-0.05, 0) is 35.9 Å². The second kappa shape index (κ2) is 12.5. The molecule has 8 nitrogen and oxygen atoms in total. The third-order valence-corrected chi connectivity index (χ3v) is 7.30. The van der Waals surface area contributed by atoms with Crippen LogP contribution >= 0.6 is 23.4 Å². The highest BCUT2D eigenvalue weighted by Gasteiger charge is 2.30. The summed E-state index contributed by atoms with van der Waals surface area (Å²) in [5.74, 6) is -0.588. The first-order chi connectivity index (χ1) is 18.8. The quantitative estimate of drug-likeness (QED) is 0.340. The maximum Gasteiger partial charge on any atom is 0.234 e. The Balaban J connectivity index is 1.53. The fourth-order valence-electron chi connectivity index (χ4n) is 4.17. The van der Waals surface area contributed by atoms with Crippen molar-refractivity contribution in [1.29, 1.82) is 5.26 Å². The lowest BCUT2D eigenvalue weighted by atomic mass is 9.87. The summed E-state index contributed by atoms with van der Waals surface area (Å²) in [7, 11) is 3.03. The molecule has 0 radical (unpaired) electrons. The number of carbonyl (C=O) groups excluding carboxylic acids is 3. The van der Waals surface area contributed by atoms with E-state index in [4.69, 9.17) is 21.1 Å². The van der Waals surface area contributed by atoms with Gasteiger partial charge >= 0.3 is 0 Å². The molecule has 0 aromatic heterocycles. The molecule has 1 aliphatic heterocycles. The summed E-state index contributed by atoms with van der Waals surface area (Å²) < 4.78 is 10.7. The highest BCUT2D eigenvalue weighted by molar-refractivity contribution is 8.03. The number of nitrogens with zero attached hydrogens (tertiary/aromatic N) is 1. The smallest absolute Gasteiger partial charge is 0.234 e. The van der Waals surface area contributed by atoms with E-state index < -0.39 is 11.8 Å². The van der Waals surface area contributed by atoms with Gasteiger partial charge in [0.25, 0.3) is 0 Å². The molecule has 3 aromatic rings. The van der Waals surface area contributed by atoms with Crippen molar-refractivity contribution in [1.82, 2.24) is 5.32 Å². The lowest BCUT2D eigenvalue weighted by Gasteiger charge is -2.25. The lowest BCUT2D eigenvalue weighted by Crippen LogP contribution is -2.31. The normalized spacial score (nSPS) is 14.7. The van der Waals surface area contributed by atoms with E-state index in [1.807, 2.05) is 0 Å². The monoisotopic (exact) mass is 561 g/mol. The summed E-state index contributed by atoms with van der Waals surface area (Å²) >= 11 is 7.17. The van der Waals surface area contributed by atoms with Gasteiger partial charge in [-0.25, -0.2) is 0 Å². The maximum absolute atomic E-state index is 13.1. The summed E-state index contributed by atoms with van der Waals surface area (Å²) in [6.45, 7) is 0. The topological polar surface area (TPSA) is 118 Å². The number of hydrogen-bond acceptors (Lipinski definition) is 7. The molecule has 39 heavy (non-hydrogen) atoms. The fraction of sp³-hybridized carbons (Fsp3) is 0.172. The zero-order valence-corrected chi connectivity index (χ0v) is 22.7. The molecule has 0 saturated carbocycles. The van der Waals surface area contributed by atoms with Crippen LogP contribution in [0.25, 0.3) is 0 Å². The minimum atomic E-state index is -0.513. The molecule has 1 aliphatic rings. The van der Waals surface area contributed by atoms with E-state index in [2.05, 4.69) is 16.7 Å². The van der Waals surface area contributed by atoms with Gasteiger partial charge in [-0.3, -0.25) is 14.4 Å². The van der Waals surface area contributed by atoms with Crippen molar-refractivity contribution in [3.05, 3.63) is 99.0 Å². The summed E-state index contributed by atoms with van der Waals surface area (Å²) in [5, 5.41) is 16.1. The van der Waals surface area contributed by atoms with Crippen LogP contribution in [0.4, 0.5) is 5.69 Å².